The summed E-state index contributed by atoms with van der Waals surface area (Å²) < 4.78 is 11.0. The van der Waals surface area contributed by atoms with Crippen molar-refractivity contribution in [3.8, 4) is 0 Å². The third-order valence-electron chi connectivity index (χ3n) is 4.13. The molecule has 0 radical (unpaired) electrons. The molecule has 4 heterocycles. The zero-order valence-electron chi connectivity index (χ0n) is 13.9. The van der Waals surface area contributed by atoms with Crippen molar-refractivity contribution in [1.82, 2.24) is 15.0 Å². The van der Waals surface area contributed by atoms with Crippen LogP contribution in [0.1, 0.15) is 17.2 Å². The average molecular weight is 327 g/mol. The third-order valence-corrected chi connectivity index (χ3v) is 4.13. The van der Waals surface area contributed by atoms with Gasteiger partial charge in [-0.2, -0.15) is 9.97 Å². The van der Waals surface area contributed by atoms with Gasteiger partial charge in [0.25, 0.3) is 0 Å². The Labute approximate surface area is 140 Å². The first kappa shape index (κ1) is 15.0. The number of morpholine rings is 1. The summed E-state index contributed by atoms with van der Waals surface area (Å²) in [6.07, 6.45) is 0. The Morgan fingerprint density at radius 1 is 1.21 bits per heavy atom. The maximum atomic E-state index is 5.63. The standard InChI is InChI=1S/C17H21N5O2/c1-11-9-14-15(18-10-13-4-3-12(2)24-13)20-17(21-16(14)19-11)22-5-7-23-8-6-22/h3-4,9H,5-8,10H2,1-2H3,(H2,18,19,20,21). The maximum absolute atomic E-state index is 5.63. The average Bonchev–Trinajstić information content (AvgIpc) is 3.18. The number of hydrogen-bond acceptors (Lipinski definition) is 6. The predicted octanol–water partition coefficient (Wildman–Crippen LogP) is 2.62. The first-order chi connectivity index (χ1) is 11.7. The number of furan rings is 1. The van der Waals surface area contributed by atoms with Crippen LogP contribution in [0, 0.1) is 13.8 Å². The van der Waals surface area contributed by atoms with E-state index in [2.05, 4.69) is 26.3 Å². The number of aromatic amines is 1. The number of aryl methyl sites for hydroxylation is 2. The molecule has 7 nitrogen and oxygen atoms in total. The Balaban J connectivity index is 1.66. The van der Waals surface area contributed by atoms with E-state index in [-0.39, 0.29) is 0 Å². The molecule has 0 aromatic carbocycles. The highest BCUT2D eigenvalue weighted by Gasteiger charge is 2.17. The first-order valence-corrected chi connectivity index (χ1v) is 8.18. The number of nitrogens with zero attached hydrogens (tertiary/aromatic N) is 3. The summed E-state index contributed by atoms with van der Waals surface area (Å²) >= 11 is 0. The van der Waals surface area contributed by atoms with Crippen molar-refractivity contribution >= 4 is 22.8 Å². The van der Waals surface area contributed by atoms with Gasteiger partial charge in [-0.3, -0.25) is 0 Å². The van der Waals surface area contributed by atoms with Crippen LogP contribution in [0.3, 0.4) is 0 Å². The fourth-order valence-corrected chi connectivity index (χ4v) is 2.92. The Hall–Kier alpha value is -2.54. The quantitative estimate of drug-likeness (QED) is 0.767. The van der Waals surface area contributed by atoms with Crippen LogP contribution in [0.15, 0.2) is 22.6 Å². The lowest BCUT2D eigenvalue weighted by molar-refractivity contribution is 0.122. The molecule has 4 rings (SSSR count). The third kappa shape index (κ3) is 2.94. The van der Waals surface area contributed by atoms with Crippen LogP contribution in [0.2, 0.25) is 0 Å². The van der Waals surface area contributed by atoms with Crippen molar-refractivity contribution in [2.75, 3.05) is 36.5 Å². The van der Waals surface area contributed by atoms with E-state index in [0.717, 1.165) is 53.1 Å². The SMILES string of the molecule is Cc1cc2c(NCc3ccc(C)o3)nc(N3CCOCC3)nc2[nH]1. The van der Waals surface area contributed by atoms with Crippen LogP contribution in [0.5, 0.6) is 0 Å². The largest absolute Gasteiger partial charge is 0.465 e. The molecular weight excluding hydrogens is 306 g/mol. The molecule has 0 unspecified atom stereocenters. The highest BCUT2D eigenvalue weighted by Crippen LogP contribution is 2.25. The molecule has 0 bridgehead atoms. The second kappa shape index (κ2) is 6.16. The van der Waals surface area contributed by atoms with Crippen molar-refractivity contribution < 1.29 is 9.15 Å². The Kier molecular flexibility index (Phi) is 3.86. The maximum Gasteiger partial charge on any atom is 0.229 e. The second-order valence-corrected chi connectivity index (χ2v) is 6.05. The summed E-state index contributed by atoms with van der Waals surface area (Å²) in [4.78, 5) is 14.9. The predicted molar refractivity (Wildman–Crippen MR) is 92.4 cm³/mol. The topological polar surface area (TPSA) is 79.2 Å². The lowest BCUT2D eigenvalue weighted by Gasteiger charge is -2.27. The molecule has 1 aliphatic rings. The summed E-state index contributed by atoms with van der Waals surface area (Å²) in [5.74, 6) is 3.34. The zero-order valence-corrected chi connectivity index (χ0v) is 13.9. The molecule has 0 atom stereocenters. The normalized spacial score (nSPS) is 15.2. The molecule has 3 aromatic heterocycles. The smallest absolute Gasteiger partial charge is 0.229 e. The van der Waals surface area contributed by atoms with Crippen molar-refractivity contribution in [3.63, 3.8) is 0 Å². The molecular formula is C17H21N5O2. The minimum atomic E-state index is 0.590. The minimum Gasteiger partial charge on any atom is -0.465 e. The van der Waals surface area contributed by atoms with E-state index >= 15 is 0 Å². The molecule has 2 N–H and O–H groups in total. The zero-order chi connectivity index (χ0) is 16.5. The van der Waals surface area contributed by atoms with Crippen molar-refractivity contribution in [2.24, 2.45) is 0 Å². The number of aromatic nitrogens is 3. The van der Waals surface area contributed by atoms with Gasteiger partial charge in [0.1, 0.15) is 23.0 Å². The number of nitrogens with one attached hydrogen (secondary N) is 2. The molecule has 1 fully saturated rings. The van der Waals surface area contributed by atoms with E-state index in [1.54, 1.807) is 0 Å². The van der Waals surface area contributed by atoms with Crippen molar-refractivity contribution in [2.45, 2.75) is 20.4 Å². The molecule has 24 heavy (non-hydrogen) atoms. The van der Waals surface area contributed by atoms with E-state index in [4.69, 9.17) is 14.1 Å². The van der Waals surface area contributed by atoms with Crippen LogP contribution in [0.4, 0.5) is 11.8 Å². The van der Waals surface area contributed by atoms with E-state index in [1.807, 2.05) is 26.0 Å². The van der Waals surface area contributed by atoms with E-state index in [9.17, 15) is 0 Å². The summed E-state index contributed by atoms with van der Waals surface area (Å²) in [5.41, 5.74) is 1.91. The van der Waals surface area contributed by atoms with Gasteiger partial charge >= 0.3 is 0 Å². The second-order valence-electron chi connectivity index (χ2n) is 6.05. The molecule has 126 valence electrons. The van der Waals surface area contributed by atoms with Gasteiger partial charge in [-0.1, -0.05) is 0 Å². The van der Waals surface area contributed by atoms with Gasteiger partial charge in [-0.05, 0) is 32.0 Å². The Bertz CT molecular complexity index is 848. The van der Waals surface area contributed by atoms with Crippen LogP contribution in [0.25, 0.3) is 11.0 Å². The van der Waals surface area contributed by atoms with Gasteiger partial charge in [0.2, 0.25) is 5.95 Å². The van der Waals surface area contributed by atoms with Gasteiger partial charge in [0.15, 0.2) is 0 Å². The number of fused-ring (bicyclic) bond motifs is 1. The van der Waals surface area contributed by atoms with E-state index in [0.29, 0.717) is 19.8 Å². The lowest BCUT2D eigenvalue weighted by Crippen LogP contribution is -2.37. The van der Waals surface area contributed by atoms with Gasteiger partial charge in [0, 0.05) is 18.8 Å². The number of hydrogen-bond donors (Lipinski definition) is 2. The summed E-state index contributed by atoms with van der Waals surface area (Å²) in [6, 6.07) is 6.01. The molecule has 0 aliphatic carbocycles. The molecule has 1 saturated heterocycles. The molecule has 7 heteroatoms. The Morgan fingerprint density at radius 3 is 2.79 bits per heavy atom. The number of ether oxygens (including phenoxy) is 1. The van der Waals surface area contributed by atoms with Crippen LogP contribution in [-0.4, -0.2) is 41.3 Å². The number of rotatable bonds is 4. The first-order valence-electron chi connectivity index (χ1n) is 8.18. The van der Waals surface area contributed by atoms with Gasteiger partial charge < -0.3 is 24.4 Å². The fraction of sp³-hybridized carbons (Fsp3) is 0.412. The highest BCUT2D eigenvalue weighted by molar-refractivity contribution is 5.89. The van der Waals surface area contributed by atoms with E-state index in [1.165, 1.54) is 0 Å². The molecule has 3 aromatic rings. The Morgan fingerprint density at radius 2 is 2.04 bits per heavy atom. The summed E-state index contributed by atoms with van der Waals surface area (Å²) in [5, 5.41) is 4.38. The van der Waals surface area contributed by atoms with E-state index < -0.39 is 0 Å². The molecule has 1 aliphatic heterocycles. The summed E-state index contributed by atoms with van der Waals surface area (Å²) in [6.45, 7) is 7.59. The lowest BCUT2D eigenvalue weighted by atomic mass is 10.3. The van der Waals surface area contributed by atoms with Crippen molar-refractivity contribution in [3.05, 3.63) is 35.4 Å². The molecule has 0 saturated carbocycles. The van der Waals surface area contributed by atoms with Gasteiger partial charge in [-0.25, -0.2) is 0 Å². The number of anilines is 2. The van der Waals surface area contributed by atoms with Crippen LogP contribution < -0.4 is 10.2 Å². The van der Waals surface area contributed by atoms with Crippen LogP contribution in [-0.2, 0) is 11.3 Å². The highest BCUT2D eigenvalue weighted by atomic mass is 16.5. The fourth-order valence-electron chi connectivity index (χ4n) is 2.92. The number of H-pyrrole nitrogens is 1. The minimum absolute atomic E-state index is 0.590. The van der Waals surface area contributed by atoms with Crippen molar-refractivity contribution in [1.29, 1.82) is 0 Å². The molecule has 0 spiro atoms. The van der Waals surface area contributed by atoms with Gasteiger partial charge in [-0.15, -0.1) is 0 Å². The molecule has 0 amide bonds. The monoisotopic (exact) mass is 327 g/mol. The summed E-state index contributed by atoms with van der Waals surface area (Å²) in [7, 11) is 0. The van der Waals surface area contributed by atoms with Crippen LogP contribution >= 0.6 is 0 Å². The van der Waals surface area contributed by atoms with Gasteiger partial charge in [0.05, 0.1) is 25.1 Å².